The molecule has 1 amide bonds. The van der Waals surface area contributed by atoms with Gasteiger partial charge in [-0.3, -0.25) is 4.79 Å². The lowest BCUT2D eigenvalue weighted by Crippen LogP contribution is -2.29. The van der Waals surface area contributed by atoms with Crippen LogP contribution >= 0.6 is 11.3 Å². The van der Waals surface area contributed by atoms with Gasteiger partial charge in [0, 0.05) is 29.5 Å². The highest BCUT2D eigenvalue weighted by atomic mass is 32.1. The van der Waals surface area contributed by atoms with E-state index in [0.717, 1.165) is 30.8 Å². The van der Waals surface area contributed by atoms with E-state index in [-0.39, 0.29) is 5.91 Å². The van der Waals surface area contributed by atoms with Crippen molar-refractivity contribution in [3.63, 3.8) is 0 Å². The van der Waals surface area contributed by atoms with Gasteiger partial charge in [-0.1, -0.05) is 12.1 Å². The Morgan fingerprint density at radius 2 is 2.33 bits per heavy atom. The van der Waals surface area contributed by atoms with Gasteiger partial charge in [-0.05, 0) is 48.1 Å². The number of rotatable bonds is 4. The summed E-state index contributed by atoms with van der Waals surface area (Å²) in [5.74, 6) is 0.453. The molecule has 1 N–H and O–H groups in total. The molecule has 0 aliphatic carbocycles. The minimum Gasteiger partial charge on any atom is -0.381 e. The highest BCUT2D eigenvalue weighted by Gasteiger charge is 2.17. The standard InChI is InChI=1S/C17H19NO2S/c1-12-6-8-21-16(12)14-3-2-4-15(9-14)17(19)18-10-13-5-7-20-11-13/h2-4,6,8-9,13H,5,7,10-11H2,1H3,(H,18,19)/t13-/m0/s1. The van der Waals surface area contributed by atoms with E-state index in [1.807, 2.05) is 18.2 Å². The summed E-state index contributed by atoms with van der Waals surface area (Å²) in [4.78, 5) is 13.5. The minimum absolute atomic E-state index is 0.00189. The summed E-state index contributed by atoms with van der Waals surface area (Å²) >= 11 is 1.71. The summed E-state index contributed by atoms with van der Waals surface area (Å²) in [7, 11) is 0. The molecule has 3 nitrogen and oxygen atoms in total. The quantitative estimate of drug-likeness (QED) is 0.939. The Morgan fingerprint density at radius 1 is 1.43 bits per heavy atom. The molecule has 1 aliphatic heterocycles. The topological polar surface area (TPSA) is 38.3 Å². The summed E-state index contributed by atoms with van der Waals surface area (Å²) in [6, 6.07) is 9.95. The van der Waals surface area contributed by atoms with Gasteiger partial charge in [0.2, 0.25) is 0 Å². The number of ether oxygens (including phenoxy) is 1. The van der Waals surface area contributed by atoms with Crippen molar-refractivity contribution in [2.75, 3.05) is 19.8 Å². The molecule has 0 unspecified atom stereocenters. The van der Waals surface area contributed by atoms with E-state index in [4.69, 9.17) is 4.74 Å². The van der Waals surface area contributed by atoms with Gasteiger partial charge in [0.25, 0.3) is 5.91 Å². The van der Waals surface area contributed by atoms with E-state index in [9.17, 15) is 4.79 Å². The second kappa shape index (κ2) is 6.41. The molecule has 1 saturated heterocycles. The van der Waals surface area contributed by atoms with Gasteiger partial charge in [0.05, 0.1) is 6.61 Å². The van der Waals surface area contributed by atoms with Crippen LogP contribution in [0.25, 0.3) is 10.4 Å². The molecular formula is C17H19NO2S. The molecule has 1 fully saturated rings. The maximum atomic E-state index is 12.3. The van der Waals surface area contributed by atoms with Crippen LogP contribution in [-0.2, 0) is 4.74 Å². The monoisotopic (exact) mass is 301 g/mol. The van der Waals surface area contributed by atoms with Gasteiger partial charge in [0.15, 0.2) is 0 Å². The Balaban J connectivity index is 1.70. The molecule has 1 aliphatic rings. The molecule has 0 spiro atoms. The average Bonchev–Trinajstić information content (AvgIpc) is 3.16. The highest BCUT2D eigenvalue weighted by Crippen LogP contribution is 2.29. The average molecular weight is 301 g/mol. The molecule has 1 aromatic carbocycles. The molecule has 2 heterocycles. The normalized spacial score (nSPS) is 17.9. The number of aryl methyl sites for hydroxylation is 1. The smallest absolute Gasteiger partial charge is 0.251 e. The van der Waals surface area contributed by atoms with Crippen LogP contribution in [0.3, 0.4) is 0 Å². The molecule has 4 heteroatoms. The summed E-state index contributed by atoms with van der Waals surface area (Å²) in [5, 5.41) is 5.09. The summed E-state index contributed by atoms with van der Waals surface area (Å²) in [6.07, 6.45) is 1.04. The Labute approximate surface area is 129 Å². The first-order chi connectivity index (χ1) is 10.2. The third kappa shape index (κ3) is 3.34. The highest BCUT2D eigenvalue weighted by molar-refractivity contribution is 7.13. The molecule has 0 bridgehead atoms. The van der Waals surface area contributed by atoms with Gasteiger partial charge in [-0.2, -0.15) is 0 Å². The van der Waals surface area contributed by atoms with E-state index in [1.54, 1.807) is 11.3 Å². The molecule has 1 aromatic heterocycles. The van der Waals surface area contributed by atoms with Crippen molar-refractivity contribution >= 4 is 17.2 Å². The van der Waals surface area contributed by atoms with Crippen LogP contribution in [0, 0.1) is 12.8 Å². The summed E-state index contributed by atoms with van der Waals surface area (Å²) in [5.41, 5.74) is 3.08. The molecular weight excluding hydrogens is 282 g/mol. The van der Waals surface area contributed by atoms with Crippen LogP contribution in [0.15, 0.2) is 35.7 Å². The Kier molecular flexibility index (Phi) is 4.36. The number of hydrogen-bond acceptors (Lipinski definition) is 3. The van der Waals surface area contributed by atoms with Crippen LogP contribution in [0.5, 0.6) is 0 Å². The first-order valence-electron chi connectivity index (χ1n) is 7.24. The van der Waals surface area contributed by atoms with Gasteiger partial charge < -0.3 is 10.1 Å². The van der Waals surface area contributed by atoms with Gasteiger partial charge >= 0.3 is 0 Å². The second-order valence-electron chi connectivity index (χ2n) is 5.45. The van der Waals surface area contributed by atoms with Crippen molar-refractivity contribution < 1.29 is 9.53 Å². The van der Waals surface area contributed by atoms with Crippen LogP contribution in [-0.4, -0.2) is 25.7 Å². The Bertz CT molecular complexity index is 629. The van der Waals surface area contributed by atoms with Crippen LogP contribution < -0.4 is 5.32 Å². The summed E-state index contributed by atoms with van der Waals surface area (Å²) < 4.78 is 5.33. The van der Waals surface area contributed by atoms with Crippen LogP contribution in [0.1, 0.15) is 22.3 Å². The van der Waals surface area contributed by atoms with Crippen molar-refractivity contribution in [1.29, 1.82) is 0 Å². The fraction of sp³-hybridized carbons (Fsp3) is 0.353. The van der Waals surface area contributed by atoms with Crippen molar-refractivity contribution in [1.82, 2.24) is 5.32 Å². The number of thiophene rings is 1. The van der Waals surface area contributed by atoms with Gasteiger partial charge in [-0.15, -0.1) is 11.3 Å². The zero-order chi connectivity index (χ0) is 14.7. The van der Waals surface area contributed by atoms with E-state index >= 15 is 0 Å². The first-order valence-corrected chi connectivity index (χ1v) is 8.12. The van der Waals surface area contributed by atoms with Crippen LogP contribution in [0.2, 0.25) is 0 Å². The maximum Gasteiger partial charge on any atom is 0.251 e. The molecule has 2 aromatic rings. The van der Waals surface area contributed by atoms with E-state index in [1.165, 1.54) is 10.4 Å². The fourth-order valence-electron chi connectivity index (χ4n) is 2.55. The maximum absolute atomic E-state index is 12.3. The predicted molar refractivity (Wildman–Crippen MR) is 85.8 cm³/mol. The SMILES string of the molecule is Cc1ccsc1-c1cccc(C(=O)NC[C@@H]2CCOC2)c1. The minimum atomic E-state index is -0.00189. The molecule has 1 atom stereocenters. The molecule has 110 valence electrons. The van der Waals surface area contributed by atoms with E-state index < -0.39 is 0 Å². The predicted octanol–water partition coefficient (Wildman–Crippen LogP) is 3.49. The Hall–Kier alpha value is -1.65. The lowest BCUT2D eigenvalue weighted by molar-refractivity contribution is 0.0945. The number of amides is 1. The van der Waals surface area contributed by atoms with Crippen LogP contribution in [0.4, 0.5) is 0 Å². The molecule has 3 rings (SSSR count). The Morgan fingerprint density at radius 3 is 3.05 bits per heavy atom. The van der Waals surface area contributed by atoms with Gasteiger partial charge in [-0.25, -0.2) is 0 Å². The van der Waals surface area contributed by atoms with Crippen molar-refractivity contribution in [2.45, 2.75) is 13.3 Å². The van der Waals surface area contributed by atoms with Crippen molar-refractivity contribution in [3.05, 3.63) is 46.8 Å². The third-order valence-corrected chi connectivity index (χ3v) is 4.89. The number of carbonyl (C=O) groups excluding carboxylic acids is 1. The number of benzene rings is 1. The van der Waals surface area contributed by atoms with E-state index in [0.29, 0.717) is 12.5 Å². The number of hydrogen-bond donors (Lipinski definition) is 1. The summed E-state index contributed by atoms with van der Waals surface area (Å²) in [6.45, 7) is 4.36. The first kappa shape index (κ1) is 14.3. The number of carbonyl (C=O) groups is 1. The lowest BCUT2D eigenvalue weighted by Gasteiger charge is -2.10. The fourth-order valence-corrected chi connectivity index (χ4v) is 3.48. The third-order valence-electron chi connectivity index (χ3n) is 3.82. The lowest BCUT2D eigenvalue weighted by atomic mass is 10.1. The van der Waals surface area contributed by atoms with Crippen molar-refractivity contribution in [3.8, 4) is 10.4 Å². The zero-order valence-electron chi connectivity index (χ0n) is 12.1. The zero-order valence-corrected chi connectivity index (χ0v) is 12.9. The van der Waals surface area contributed by atoms with E-state index in [2.05, 4.69) is 29.8 Å². The number of nitrogens with one attached hydrogen (secondary N) is 1. The second-order valence-corrected chi connectivity index (χ2v) is 6.37. The largest absolute Gasteiger partial charge is 0.381 e. The van der Waals surface area contributed by atoms with Crippen molar-refractivity contribution in [2.24, 2.45) is 5.92 Å². The molecule has 21 heavy (non-hydrogen) atoms. The molecule has 0 radical (unpaired) electrons. The molecule has 0 saturated carbocycles. The van der Waals surface area contributed by atoms with Gasteiger partial charge in [0.1, 0.15) is 0 Å².